The fourth-order valence-corrected chi connectivity index (χ4v) is 4.53. The van der Waals surface area contributed by atoms with Crippen molar-refractivity contribution in [2.45, 2.75) is 26.8 Å². The zero-order chi connectivity index (χ0) is 25.7. The standard InChI is InChI=1S/C27H34N2O6/c1-7-28(8-2)14-15-29-23(19-10-9-11-21(34-5)26(19)35-6)22(25(31)27(29)32)24(30)18-12-13-20(33-4)17(3)16-18/h9-13,16,23,30H,7-8,14-15H2,1-6H3/b24-22+. The number of rotatable bonds is 10. The van der Waals surface area contributed by atoms with Crippen molar-refractivity contribution in [1.29, 1.82) is 0 Å². The fourth-order valence-electron chi connectivity index (χ4n) is 4.53. The summed E-state index contributed by atoms with van der Waals surface area (Å²) in [5.74, 6) is -0.0862. The van der Waals surface area contributed by atoms with E-state index in [0.29, 0.717) is 41.5 Å². The highest BCUT2D eigenvalue weighted by atomic mass is 16.5. The van der Waals surface area contributed by atoms with Crippen LogP contribution >= 0.6 is 0 Å². The molecule has 0 aliphatic carbocycles. The van der Waals surface area contributed by atoms with E-state index in [2.05, 4.69) is 4.90 Å². The van der Waals surface area contributed by atoms with Crippen LogP contribution < -0.4 is 14.2 Å². The number of aliphatic hydroxyl groups is 1. The first-order valence-corrected chi connectivity index (χ1v) is 11.7. The summed E-state index contributed by atoms with van der Waals surface area (Å²) in [7, 11) is 4.60. The van der Waals surface area contributed by atoms with Gasteiger partial charge in [-0.2, -0.15) is 0 Å². The number of aryl methyl sites for hydroxylation is 1. The first-order chi connectivity index (χ1) is 16.8. The maximum atomic E-state index is 13.3. The Morgan fingerprint density at radius 2 is 1.69 bits per heavy atom. The number of ketones is 1. The molecule has 2 aromatic rings. The molecule has 3 rings (SSSR count). The molecular formula is C27H34N2O6. The van der Waals surface area contributed by atoms with Crippen molar-refractivity contribution in [1.82, 2.24) is 9.80 Å². The number of carbonyl (C=O) groups excluding carboxylic acids is 2. The second-order valence-corrected chi connectivity index (χ2v) is 8.29. The first kappa shape index (κ1) is 26.1. The lowest BCUT2D eigenvalue weighted by Gasteiger charge is -2.29. The Bertz CT molecular complexity index is 1120. The molecule has 0 radical (unpaired) electrons. The predicted molar refractivity (Wildman–Crippen MR) is 134 cm³/mol. The summed E-state index contributed by atoms with van der Waals surface area (Å²) in [6.45, 7) is 8.48. The summed E-state index contributed by atoms with van der Waals surface area (Å²) in [6.07, 6.45) is 0. The van der Waals surface area contributed by atoms with E-state index in [1.54, 1.807) is 43.5 Å². The normalized spacial score (nSPS) is 17.2. The Morgan fingerprint density at radius 3 is 2.26 bits per heavy atom. The molecule has 0 aromatic heterocycles. The van der Waals surface area contributed by atoms with Gasteiger partial charge in [0.2, 0.25) is 0 Å². The molecule has 188 valence electrons. The summed E-state index contributed by atoms with van der Waals surface area (Å²) in [5, 5.41) is 11.4. The highest BCUT2D eigenvalue weighted by Crippen LogP contribution is 2.45. The minimum Gasteiger partial charge on any atom is -0.507 e. The van der Waals surface area contributed by atoms with Crippen molar-refractivity contribution in [3.63, 3.8) is 0 Å². The van der Waals surface area contributed by atoms with E-state index in [1.807, 2.05) is 20.8 Å². The topological polar surface area (TPSA) is 88.5 Å². The number of Topliss-reactive ketones (excluding diaryl/α,β-unsaturated/α-hetero) is 1. The van der Waals surface area contributed by atoms with Gasteiger partial charge in [-0.1, -0.05) is 26.0 Å². The number of hydrogen-bond acceptors (Lipinski definition) is 7. The van der Waals surface area contributed by atoms with Crippen LogP contribution in [0.25, 0.3) is 5.76 Å². The van der Waals surface area contributed by atoms with Gasteiger partial charge in [0.15, 0.2) is 11.5 Å². The van der Waals surface area contributed by atoms with Crippen LogP contribution in [-0.2, 0) is 9.59 Å². The van der Waals surface area contributed by atoms with Gasteiger partial charge in [0, 0.05) is 24.2 Å². The number of aliphatic hydroxyl groups excluding tert-OH is 1. The number of hydrogen-bond donors (Lipinski definition) is 1. The Hall–Kier alpha value is -3.52. The predicted octanol–water partition coefficient (Wildman–Crippen LogP) is 3.78. The maximum Gasteiger partial charge on any atom is 0.295 e. The van der Waals surface area contributed by atoms with Crippen molar-refractivity contribution in [2.75, 3.05) is 47.5 Å². The minimum absolute atomic E-state index is 0.0191. The van der Waals surface area contributed by atoms with Crippen LogP contribution in [0.1, 0.15) is 36.6 Å². The van der Waals surface area contributed by atoms with E-state index < -0.39 is 17.7 Å². The molecule has 1 unspecified atom stereocenters. The average Bonchev–Trinajstić information content (AvgIpc) is 3.12. The van der Waals surface area contributed by atoms with Gasteiger partial charge < -0.3 is 29.1 Å². The third kappa shape index (κ3) is 4.98. The number of carbonyl (C=O) groups is 2. The van der Waals surface area contributed by atoms with Gasteiger partial charge in [0.05, 0.1) is 32.9 Å². The van der Waals surface area contributed by atoms with Crippen molar-refractivity contribution >= 4 is 17.4 Å². The van der Waals surface area contributed by atoms with Crippen molar-refractivity contribution < 1.29 is 28.9 Å². The molecule has 2 aromatic carbocycles. The van der Waals surface area contributed by atoms with Crippen molar-refractivity contribution in [3.8, 4) is 17.2 Å². The molecule has 1 atom stereocenters. The van der Waals surface area contributed by atoms with Gasteiger partial charge in [-0.15, -0.1) is 0 Å². The van der Waals surface area contributed by atoms with E-state index in [-0.39, 0.29) is 11.3 Å². The molecule has 8 nitrogen and oxygen atoms in total. The van der Waals surface area contributed by atoms with Crippen LogP contribution in [-0.4, -0.2) is 74.1 Å². The van der Waals surface area contributed by atoms with Gasteiger partial charge in [-0.25, -0.2) is 0 Å². The van der Waals surface area contributed by atoms with Crippen LogP contribution in [0.15, 0.2) is 42.0 Å². The molecule has 1 saturated heterocycles. The van der Waals surface area contributed by atoms with Crippen molar-refractivity contribution in [2.24, 2.45) is 0 Å². The molecular weight excluding hydrogens is 448 g/mol. The van der Waals surface area contributed by atoms with E-state index in [9.17, 15) is 14.7 Å². The molecule has 1 N–H and O–H groups in total. The lowest BCUT2D eigenvalue weighted by atomic mass is 9.94. The Kier molecular flexibility index (Phi) is 8.40. The smallest absolute Gasteiger partial charge is 0.295 e. The SMILES string of the molecule is CCN(CC)CCN1C(=O)C(=O)/C(=C(/O)c2ccc(OC)c(C)c2)C1c1cccc(OC)c1OC. The monoisotopic (exact) mass is 482 g/mol. The highest BCUT2D eigenvalue weighted by molar-refractivity contribution is 6.46. The number of benzene rings is 2. The summed E-state index contributed by atoms with van der Waals surface area (Å²) in [4.78, 5) is 30.3. The first-order valence-electron chi connectivity index (χ1n) is 11.7. The fraction of sp³-hybridized carbons (Fsp3) is 0.407. The molecule has 0 spiro atoms. The molecule has 1 heterocycles. The van der Waals surface area contributed by atoms with Gasteiger partial charge in [0.1, 0.15) is 11.5 Å². The molecule has 1 amide bonds. The summed E-state index contributed by atoms with van der Waals surface area (Å²) >= 11 is 0. The van der Waals surface area contributed by atoms with E-state index in [0.717, 1.165) is 18.7 Å². The van der Waals surface area contributed by atoms with E-state index in [4.69, 9.17) is 14.2 Å². The lowest BCUT2D eigenvalue weighted by Crippen LogP contribution is -2.38. The van der Waals surface area contributed by atoms with Crippen LogP contribution in [0.2, 0.25) is 0 Å². The van der Waals surface area contributed by atoms with Crippen LogP contribution in [0, 0.1) is 6.92 Å². The zero-order valence-electron chi connectivity index (χ0n) is 21.3. The summed E-state index contributed by atoms with van der Waals surface area (Å²) < 4.78 is 16.4. The number of ether oxygens (including phenoxy) is 3. The number of likely N-dealkylation sites (tertiary alicyclic amines) is 1. The highest BCUT2D eigenvalue weighted by Gasteiger charge is 2.47. The average molecular weight is 483 g/mol. The molecule has 1 aliphatic rings. The Balaban J connectivity index is 2.21. The Labute approximate surface area is 206 Å². The van der Waals surface area contributed by atoms with E-state index in [1.165, 1.54) is 19.1 Å². The third-order valence-electron chi connectivity index (χ3n) is 6.49. The minimum atomic E-state index is -0.835. The van der Waals surface area contributed by atoms with Gasteiger partial charge in [-0.05, 0) is 49.8 Å². The lowest BCUT2D eigenvalue weighted by molar-refractivity contribution is -0.140. The molecule has 8 heteroatoms. The maximum absolute atomic E-state index is 13.3. The number of amides is 1. The van der Waals surface area contributed by atoms with Gasteiger partial charge >= 0.3 is 0 Å². The van der Waals surface area contributed by atoms with Crippen LogP contribution in [0.5, 0.6) is 17.2 Å². The number of likely N-dealkylation sites (N-methyl/N-ethyl adjacent to an activating group) is 1. The van der Waals surface area contributed by atoms with Gasteiger partial charge in [0.25, 0.3) is 11.7 Å². The number of para-hydroxylation sites is 1. The second-order valence-electron chi connectivity index (χ2n) is 8.29. The Morgan fingerprint density at radius 1 is 1.00 bits per heavy atom. The molecule has 0 bridgehead atoms. The largest absolute Gasteiger partial charge is 0.507 e. The third-order valence-corrected chi connectivity index (χ3v) is 6.49. The van der Waals surface area contributed by atoms with Crippen molar-refractivity contribution in [3.05, 3.63) is 58.7 Å². The molecule has 35 heavy (non-hydrogen) atoms. The number of methoxy groups -OCH3 is 3. The van der Waals surface area contributed by atoms with E-state index >= 15 is 0 Å². The van der Waals surface area contributed by atoms with Crippen LogP contribution in [0.4, 0.5) is 0 Å². The zero-order valence-corrected chi connectivity index (χ0v) is 21.3. The number of nitrogens with zero attached hydrogens (tertiary/aromatic N) is 2. The summed E-state index contributed by atoms with van der Waals surface area (Å²) in [6, 6.07) is 9.60. The second kappa shape index (κ2) is 11.3. The van der Waals surface area contributed by atoms with Gasteiger partial charge in [-0.3, -0.25) is 9.59 Å². The molecule has 1 fully saturated rings. The molecule has 1 aliphatic heterocycles. The van der Waals surface area contributed by atoms with Crippen LogP contribution in [0.3, 0.4) is 0 Å². The summed E-state index contributed by atoms with van der Waals surface area (Å²) in [5.41, 5.74) is 1.81. The quantitative estimate of drug-likeness (QED) is 0.313. The molecule has 0 saturated carbocycles.